The van der Waals surface area contributed by atoms with E-state index in [9.17, 15) is 14.4 Å². The van der Waals surface area contributed by atoms with Crippen LogP contribution in [-0.4, -0.2) is 47.7 Å². The number of rotatable bonds is 7. The molecule has 116 valence electrons. The van der Waals surface area contributed by atoms with Crippen LogP contribution in [0.25, 0.3) is 5.53 Å². The molecular formula is C14H14N2O5S. The van der Waals surface area contributed by atoms with E-state index in [1.165, 1.54) is 7.11 Å². The Bertz CT molecular complexity index is 638. The van der Waals surface area contributed by atoms with E-state index in [0.717, 1.165) is 11.8 Å². The number of ketones is 1. The van der Waals surface area contributed by atoms with Crippen molar-refractivity contribution in [3.05, 3.63) is 35.4 Å². The van der Waals surface area contributed by atoms with Crippen molar-refractivity contribution in [2.24, 2.45) is 0 Å². The topological polar surface area (TPSA) is 106 Å². The zero-order chi connectivity index (χ0) is 16.5. The van der Waals surface area contributed by atoms with Crippen molar-refractivity contribution >= 4 is 35.2 Å². The summed E-state index contributed by atoms with van der Waals surface area (Å²) in [7, 11) is 1.26. The maximum Gasteiger partial charge on any atom is 0.442 e. The van der Waals surface area contributed by atoms with E-state index in [-0.39, 0.29) is 12.4 Å². The Morgan fingerprint density at radius 1 is 1.27 bits per heavy atom. The quantitative estimate of drug-likeness (QED) is 0.187. The zero-order valence-corrected chi connectivity index (χ0v) is 12.9. The number of esters is 2. The Morgan fingerprint density at radius 2 is 1.95 bits per heavy atom. The second-order valence-electron chi connectivity index (χ2n) is 3.87. The first-order chi connectivity index (χ1) is 10.5. The van der Waals surface area contributed by atoms with E-state index in [1.807, 2.05) is 0 Å². The van der Waals surface area contributed by atoms with E-state index in [0.29, 0.717) is 10.5 Å². The van der Waals surface area contributed by atoms with Crippen molar-refractivity contribution in [1.29, 1.82) is 0 Å². The number of hydrogen-bond donors (Lipinski definition) is 0. The molecule has 0 N–H and O–H groups in total. The van der Waals surface area contributed by atoms with Gasteiger partial charge in [0.2, 0.25) is 0 Å². The van der Waals surface area contributed by atoms with E-state index in [4.69, 9.17) is 5.53 Å². The highest BCUT2D eigenvalue weighted by molar-refractivity contribution is 8.00. The SMILES string of the molecule is CCOC(=O)C(=[N+]=[N-])C(=O)CSc1ccccc1C(=O)OC. The average molecular weight is 322 g/mol. The summed E-state index contributed by atoms with van der Waals surface area (Å²) in [5.74, 6) is -2.41. The molecule has 0 fully saturated rings. The number of ether oxygens (including phenoxy) is 2. The third-order valence-electron chi connectivity index (χ3n) is 2.48. The minimum atomic E-state index is -0.989. The number of hydrogen-bond acceptors (Lipinski definition) is 6. The fourth-order valence-electron chi connectivity index (χ4n) is 1.49. The van der Waals surface area contributed by atoms with E-state index in [2.05, 4.69) is 14.3 Å². The van der Waals surface area contributed by atoms with Gasteiger partial charge in [-0.3, -0.25) is 4.79 Å². The summed E-state index contributed by atoms with van der Waals surface area (Å²) in [4.78, 5) is 38.1. The van der Waals surface area contributed by atoms with Crippen LogP contribution in [0, 0.1) is 0 Å². The molecular weight excluding hydrogens is 308 g/mol. The lowest BCUT2D eigenvalue weighted by Crippen LogP contribution is -2.28. The predicted molar refractivity (Wildman–Crippen MR) is 78.8 cm³/mol. The molecule has 0 aliphatic heterocycles. The number of nitrogens with zero attached hydrogens (tertiary/aromatic N) is 2. The molecule has 0 saturated heterocycles. The Balaban J connectivity index is 2.82. The third-order valence-corrected chi connectivity index (χ3v) is 3.56. The largest absolute Gasteiger partial charge is 0.465 e. The molecule has 1 rings (SSSR count). The average Bonchev–Trinajstić information content (AvgIpc) is 2.53. The van der Waals surface area contributed by atoms with Gasteiger partial charge >= 0.3 is 17.7 Å². The molecule has 0 amide bonds. The molecule has 0 aliphatic rings. The van der Waals surface area contributed by atoms with Crippen molar-refractivity contribution in [2.45, 2.75) is 11.8 Å². The van der Waals surface area contributed by atoms with Crippen LogP contribution < -0.4 is 0 Å². The van der Waals surface area contributed by atoms with Crippen LogP contribution in [0.15, 0.2) is 29.2 Å². The summed E-state index contributed by atoms with van der Waals surface area (Å²) < 4.78 is 9.26. The molecule has 0 radical (unpaired) electrons. The number of methoxy groups -OCH3 is 1. The molecule has 0 aliphatic carbocycles. The van der Waals surface area contributed by atoms with E-state index < -0.39 is 23.4 Å². The lowest BCUT2D eigenvalue weighted by Gasteiger charge is -2.05. The van der Waals surface area contributed by atoms with Crippen molar-refractivity contribution in [3.8, 4) is 0 Å². The Kier molecular flexibility index (Phi) is 7.01. The highest BCUT2D eigenvalue weighted by atomic mass is 32.2. The molecule has 8 heteroatoms. The van der Waals surface area contributed by atoms with E-state index in [1.54, 1.807) is 31.2 Å². The van der Waals surface area contributed by atoms with Gasteiger partial charge in [0.1, 0.15) is 0 Å². The molecule has 0 aromatic heterocycles. The summed E-state index contributed by atoms with van der Waals surface area (Å²) in [6.45, 7) is 1.63. The molecule has 0 saturated carbocycles. The Morgan fingerprint density at radius 3 is 2.55 bits per heavy atom. The first-order valence-corrected chi connectivity index (χ1v) is 7.26. The fraction of sp³-hybridized carbons (Fsp3) is 0.286. The monoisotopic (exact) mass is 322 g/mol. The second kappa shape index (κ2) is 8.76. The number of thioether (sulfide) groups is 1. The second-order valence-corrected chi connectivity index (χ2v) is 4.89. The molecule has 0 unspecified atom stereocenters. The first kappa shape index (κ1) is 17.6. The van der Waals surface area contributed by atoms with Crippen molar-refractivity contribution in [1.82, 2.24) is 0 Å². The minimum Gasteiger partial charge on any atom is -0.465 e. The first-order valence-electron chi connectivity index (χ1n) is 6.27. The predicted octanol–water partition coefficient (Wildman–Crippen LogP) is 1.37. The van der Waals surface area contributed by atoms with Gasteiger partial charge < -0.3 is 15.0 Å². The molecule has 1 aromatic rings. The maximum atomic E-state index is 11.9. The standard InChI is InChI=1S/C14H14N2O5S/c1-3-21-14(19)12(16-15)10(17)8-22-11-7-5-4-6-9(11)13(18)20-2/h4-7H,3,8H2,1-2H3. The van der Waals surface area contributed by atoms with Crippen LogP contribution in [0.4, 0.5) is 0 Å². The van der Waals surface area contributed by atoms with Gasteiger partial charge in [-0.15, -0.1) is 11.8 Å². The van der Waals surface area contributed by atoms with Gasteiger partial charge in [-0.05, 0) is 19.1 Å². The summed E-state index contributed by atoms with van der Waals surface area (Å²) >= 11 is 1.03. The van der Waals surface area contributed by atoms with Gasteiger partial charge in [-0.25, -0.2) is 9.59 Å². The molecule has 7 nitrogen and oxygen atoms in total. The van der Waals surface area contributed by atoms with Crippen molar-refractivity contribution < 1.29 is 28.6 Å². The molecule has 0 spiro atoms. The van der Waals surface area contributed by atoms with Crippen LogP contribution in [0.1, 0.15) is 17.3 Å². The Labute approximate surface area is 131 Å². The van der Waals surface area contributed by atoms with Crippen LogP contribution in [0.5, 0.6) is 0 Å². The number of benzene rings is 1. The highest BCUT2D eigenvalue weighted by Crippen LogP contribution is 2.23. The molecule has 0 atom stereocenters. The lowest BCUT2D eigenvalue weighted by atomic mass is 10.2. The fourth-order valence-corrected chi connectivity index (χ4v) is 2.40. The summed E-state index contributed by atoms with van der Waals surface area (Å²) in [6.07, 6.45) is 0. The number of carbonyl (C=O) groups is 3. The normalized spacial score (nSPS) is 9.55. The lowest BCUT2D eigenvalue weighted by molar-refractivity contribution is -0.141. The number of Topliss-reactive ketones (excluding diaryl/α,β-unsaturated/α-hetero) is 1. The van der Waals surface area contributed by atoms with Crippen LogP contribution in [0.2, 0.25) is 0 Å². The van der Waals surface area contributed by atoms with Crippen molar-refractivity contribution in [3.63, 3.8) is 0 Å². The van der Waals surface area contributed by atoms with E-state index >= 15 is 0 Å². The summed E-state index contributed by atoms with van der Waals surface area (Å²) in [6, 6.07) is 6.57. The third kappa shape index (κ3) is 4.54. The van der Waals surface area contributed by atoms with Crippen LogP contribution in [-0.2, 0) is 19.1 Å². The summed E-state index contributed by atoms with van der Waals surface area (Å²) in [5.41, 5.74) is 8.39. The zero-order valence-electron chi connectivity index (χ0n) is 12.1. The maximum absolute atomic E-state index is 11.9. The highest BCUT2D eigenvalue weighted by Gasteiger charge is 2.31. The Hall–Kier alpha value is -2.44. The molecule has 1 aromatic carbocycles. The number of carbonyl (C=O) groups excluding carboxylic acids is 3. The van der Waals surface area contributed by atoms with Crippen LogP contribution >= 0.6 is 11.8 Å². The molecule has 0 heterocycles. The van der Waals surface area contributed by atoms with Gasteiger partial charge in [0.05, 0.1) is 25.0 Å². The van der Waals surface area contributed by atoms with Crippen LogP contribution in [0.3, 0.4) is 0 Å². The van der Waals surface area contributed by atoms with Gasteiger partial charge in [-0.2, -0.15) is 4.79 Å². The smallest absolute Gasteiger partial charge is 0.442 e. The molecule has 22 heavy (non-hydrogen) atoms. The minimum absolute atomic E-state index is 0.0590. The van der Waals surface area contributed by atoms with Crippen molar-refractivity contribution in [2.75, 3.05) is 19.5 Å². The van der Waals surface area contributed by atoms with Gasteiger partial charge in [0, 0.05) is 4.90 Å². The summed E-state index contributed by atoms with van der Waals surface area (Å²) in [5, 5.41) is 0. The van der Waals surface area contributed by atoms with Gasteiger partial charge in [-0.1, -0.05) is 12.1 Å². The van der Waals surface area contributed by atoms with Gasteiger partial charge in [0.15, 0.2) is 0 Å². The van der Waals surface area contributed by atoms with Gasteiger partial charge in [0.25, 0.3) is 5.78 Å². The molecule has 0 bridgehead atoms.